The number of aromatic amines is 1. The Kier molecular flexibility index (Phi) is 4.66. The number of rotatable bonds is 5. The molecule has 2 aromatic rings. The fourth-order valence-electron chi connectivity index (χ4n) is 1.60. The standard InChI is InChI=1S/C12H13Br2N3O/c1-2-18-12-8(3-9(13)4-11(12)14)5-15-10-6-16-17-7-10/h3-4,6-7,15H,2,5H2,1H3,(H,16,17). The maximum absolute atomic E-state index is 5.66. The number of H-pyrrole nitrogens is 1. The number of hydrogen-bond acceptors (Lipinski definition) is 3. The van der Waals surface area contributed by atoms with E-state index >= 15 is 0 Å². The van der Waals surface area contributed by atoms with Gasteiger partial charge in [-0.15, -0.1) is 0 Å². The molecule has 1 aromatic heterocycles. The Hall–Kier alpha value is -1.01. The summed E-state index contributed by atoms with van der Waals surface area (Å²) in [6, 6.07) is 4.02. The molecule has 0 saturated carbocycles. The topological polar surface area (TPSA) is 49.9 Å². The average Bonchev–Trinajstić information content (AvgIpc) is 2.83. The lowest BCUT2D eigenvalue weighted by Gasteiger charge is -2.13. The van der Waals surface area contributed by atoms with Crippen molar-refractivity contribution >= 4 is 37.5 Å². The van der Waals surface area contributed by atoms with Gasteiger partial charge < -0.3 is 10.1 Å². The number of halogens is 2. The van der Waals surface area contributed by atoms with Crippen LogP contribution in [0.5, 0.6) is 5.75 Å². The molecule has 0 amide bonds. The van der Waals surface area contributed by atoms with Gasteiger partial charge in [0.15, 0.2) is 0 Å². The van der Waals surface area contributed by atoms with Gasteiger partial charge in [-0.25, -0.2) is 0 Å². The monoisotopic (exact) mass is 373 g/mol. The molecule has 2 rings (SSSR count). The zero-order valence-corrected chi connectivity index (χ0v) is 13.0. The summed E-state index contributed by atoms with van der Waals surface area (Å²) in [5.74, 6) is 0.872. The van der Waals surface area contributed by atoms with Crippen LogP contribution >= 0.6 is 31.9 Å². The van der Waals surface area contributed by atoms with Gasteiger partial charge >= 0.3 is 0 Å². The van der Waals surface area contributed by atoms with E-state index in [1.807, 2.05) is 25.3 Å². The predicted octanol–water partition coefficient (Wildman–Crippen LogP) is 3.95. The van der Waals surface area contributed by atoms with Gasteiger partial charge in [-0.2, -0.15) is 5.10 Å². The van der Waals surface area contributed by atoms with Gasteiger partial charge in [0.1, 0.15) is 5.75 Å². The molecule has 0 aliphatic carbocycles. The van der Waals surface area contributed by atoms with Gasteiger partial charge in [0, 0.05) is 22.8 Å². The second-order valence-electron chi connectivity index (χ2n) is 3.65. The lowest BCUT2D eigenvalue weighted by molar-refractivity contribution is 0.334. The molecule has 4 nitrogen and oxygen atoms in total. The maximum Gasteiger partial charge on any atom is 0.138 e. The number of nitrogens with one attached hydrogen (secondary N) is 2. The van der Waals surface area contributed by atoms with Crippen molar-refractivity contribution < 1.29 is 4.74 Å². The van der Waals surface area contributed by atoms with E-state index in [2.05, 4.69) is 47.4 Å². The maximum atomic E-state index is 5.66. The van der Waals surface area contributed by atoms with Crippen LogP contribution in [0.25, 0.3) is 0 Å². The summed E-state index contributed by atoms with van der Waals surface area (Å²) in [5.41, 5.74) is 2.04. The summed E-state index contributed by atoms with van der Waals surface area (Å²) in [6.45, 7) is 3.29. The molecule has 0 spiro atoms. The molecule has 1 heterocycles. The van der Waals surface area contributed by atoms with E-state index in [1.165, 1.54) is 0 Å². The van der Waals surface area contributed by atoms with Crippen molar-refractivity contribution in [2.45, 2.75) is 13.5 Å². The van der Waals surface area contributed by atoms with E-state index in [1.54, 1.807) is 6.20 Å². The van der Waals surface area contributed by atoms with Crippen molar-refractivity contribution in [1.82, 2.24) is 10.2 Å². The highest BCUT2D eigenvalue weighted by molar-refractivity contribution is 9.11. The molecule has 0 bridgehead atoms. The third kappa shape index (κ3) is 3.26. The van der Waals surface area contributed by atoms with Gasteiger partial charge in [-0.1, -0.05) is 15.9 Å². The van der Waals surface area contributed by atoms with E-state index in [-0.39, 0.29) is 0 Å². The van der Waals surface area contributed by atoms with E-state index < -0.39 is 0 Å². The van der Waals surface area contributed by atoms with Crippen LogP contribution in [0.4, 0.5) is 5.69 Å². The van der Waals surface area contributed by atoms with Gasteiger partial charge in [-0.05, 0) is 35.0 Å². The summed E-state index contributed by atoms with van der Waals surface area (Å²) in [6.07, 6.45) is 3.56. The molecule has 0 atom stereocenters. The highest BCUT2D eigenvalue weighted by Crippen LogP contribution is 2.33. The first-order valence-electron chi connectivity index (χ1n) is 5.54. The molecule has 1 aromatic carbocycles. The SMILES string of the molecule is CCOc1c(Br)cc(Br)cc1CNc1cn[nH]c1. The van der Waals surface area contributed by atoms with Crippen molar-refractivity contribution in [3.8, 4) is 5.75 Å². The third-order valence-electron chi connectivity index (χ3n) is 2.36. The quantitative estimate of drug-likeness (QED) is 0.833. The van der Waals surface area contributed by atoms with Gasteiger partial charge in [0.2, 0.25) is 0 Å². The van der Waals surface area contributed by atoms with Crippen LogP contribution in [0.1, 0.15) is 12.5 Å². The predicted molar refractivity (Wildman–Crippen MR) is 78.9 cm³/mol. The van der Waals surface area contributed by atoms with Crippen molar-refractivity contribution in [2.75, 3.05) is 11.9 Å². The summed E-state index contributed by atoms with van der Waals surface area (Å²) in [7, 11) is 0. The highest BCUT2D eigenvalue weighted by Gasteiger charge is 2.10. The summed E-state index contributed by atoms with van der Waals surface area (Å²) in [5, 5.41) is 9.94. The van der Waals surface area contributed by atoms with E-state index in [4.69, 9.17) is 4.74 Å². The molecular formula is C12H13Br2N3O. The summed E-state index contributed by atoms with van der Waals surface area (Å²) >= 11 is 7.00. The fourth-order valence-corrected chi connectivity index (χ4v) is 3.02. The molecule has 18 heavy (non-hydrogen) atoms. The first-order chi connectivity index (χ1) is 8.70. The van der Waals surface area contributed by atoms with Crippen LogP contribution in [0.3, 0.4) is 0 Å². The molecule has 0 aliphatic heterocycles. The minimum absolute atomic E-state index is 0.638. The number of aromatic nitrogens is 2. The number of hydrogen-bond donors (Lipinski definition) is 2. The third-order valence-corrected chi connectivity index (χ3v) is 3.40. The van der Waals surface area contributed by atoms with Gasteiger partial charge in [0.25, 0.3) is 0 Å². The largest absolute Gasteiger partial charge is 0.492 e. The Bertz CT molecular complexity index is 514. The van der Waals surface area contributed by atoms with Crippen LogP contribution in [-0.4, -0.2) is 16.8 Å². The number of ether oxygens (including phenoxy) is 1. The van der Waals surface area contributed by atoms with Crippen molar-refractivity contribution in [3.63, 3.8) is 0 Å². The minimum atomic E-state index is 0.638. The van der Waals surface area contributed by atoms with E-state index in [0.29, 0.717) is 13.2 Å². The van der Waals surface area contributed by atoms with E-state index in [9.17, 15) is 0 Å². The first-order valence-corrected chi connectivity index (χ1v) is 7.12. The Morgan fingerprint density at radius 2 is 2.22 bits per heavy atom. The summed E-state index contributed by atoms with van der Waals surface area (Å²) in [4.78, 5) is 0. The second kappa shape index (κ2) is 6.24. The van der Waals surface area contributed by atoms with Gasteiger partial charge in [-0.3, -0.25) is 5.10 Å². The Labute approximate surface area is 122 Å². The smallest absolute Gasteiger partial charge is 0.138 e. The Morgan fingerprint density at radius 3 is 2.89 bits per heavy atom. The molecule has 2 N–H and O–H groups in total. The van der Waals surface area contributed by atoms with Crippen LogP contribution in [0.2, 0.25) is 0 Å². The Balaban J connectivity index is 2.19. The van der Waals surface area contributed by atoms with Crippen LogP contribution in [-0.2, 0) is 6.54 Å². The molecule has 0 unspecified atom stereocenters. The Morgan fingerprint density at radius 1 is 1.39 bits per heavy atom. The van der Waals surface area contributed by atoms with Crippen LogP contribution in [0, 0.1) is 0 Å². The number of anilines is 1. The lowest BCUT2D eigenvalue weighted by Crippen LogP contribution is -2.03. The molecule has 0 aliphatic rings. The van der Waals surface area contributed by atoms with Crippen molar-refractivity contribution in [1.29, 1.82) is 0 Å². The number of nitrogens with zero attached hydrogens (tertiary/aromatic N) is 1. The molecule has 0 saturated heterocycles. The molecular weight excluding hydrogens is 362 g/mol. The minimum Gasteiger partial charge on any atom is -0.492 e. The molecule has 6 heteroatoms. The normalized spacial score (nSPS) is 10.4. The zero-order chi connectivity index (χ0) is 13.0. The van der Waals surface area contributed by atoms with Crippen LogP contribution < -0.4 is 10.1 Å². The second-order valence-corrected chi connectivity index (χ2v) is 5.42. The highest BCUT2D eigenvalue weighted by atomic mass is 79.9. The van der Waals surface area contributed by atoms with Crippen molar-refractivity contribution in [3.05, 3.63) is 39.0 Å². The number of benzene rings is 1. The summed E-state index contributed by atoms with van der Waals surface area (Å²) < 4.78 is 7.62. The molecule has 96 valence electrons. The average molecular weight is 375 g/mol. The molecule has 0 fully saturated rings. The zero-order valence-electron chi connectivity index (χ0n) is 9.84. The first kappa shape index (κ1) is 13.4. The van der Waals surface area contributed by atoms with Crippen LogP contribution in [0.15, 0.2) is 33.5 Å². The lowest BCUT2D eigenvalue weighted by atomic mass is 10.2. The van der Waals surface area contributed by atoms with Crippen molar-refractivity contribution in [2.24, 2.45) is 0 Å². The fraction of sp³-hybridized carbons (Fsp3) is 0.250. The molecule has 0 radical (unpaired) electrons. The van der Waals surface area contributed by atoms with Gasteiger partial charge in [0.05, 0.1) is 23.0 Å². The van der Waals surface area contributed by atoms with E-state index in [0.717, 1.165) is 25.9 Å².